The van der Waals surface area contributed by atoms with Crippen LogP contribution >= 0.6 is 11.6 Å². The number of nitrogens with zero attached hydrogens (tertiary/aromatic N) is 2. The van der Waals surface area contributed by atoms with Crippen molar-refractivity contribution in [2.75, 3.05) is 0 Å². The SMILES string of the molecule is NC(C=Cc1ccc(-c2ccccn2)cc1)=Nc1ccc(Cl)cc1. The van der Waals surface area contributed by atoms with Gasteiger partial charge >= 0.3 is 0 Å². The number of aliphatic imine (C=N–C) groups is 1. The lowest BCUT2D eigenvalue weighted by Crippen LogP contribution is -2.06. The largest absolute Gasteiger partial charge is 0.384 e. The van der Waals surface area contributed by atoms with E-state index in [9.17, 15) is 0 Å². The highest BCUT2D eigenvalue weighted by molar-refractivity contribution is 6.30. The minimum Gasteiger partial charge on any atom is -0.384 e. The van der Waals surface area contributed by atoms with Crippen LogP contribution in [0.1, 0.15) is 5.56 Å². The average Bonchev–Trinajstić information content (AvgIpc) is 2.63. The summed E-state index contributed by atoms with van der Waals surface area (Å²) in [5.41, 5.74) is 9.78. The number of aromatic nitrogens is 1. The van der Waals surface area contributed by atoms with Gasteiger partial charge in [-0.2, -0.15) is 0 Å². The van der Waals surface area contributed by atoms with Crippen molar-refractivity contribution in [1.29, 1.82) is 0 Å². The summed E-state index contributed by atoms with van der Waals surface area (Å²) >= 11 is 5.85. The molecule has 2 aromatic carbocycles. The lowest BCUT2D eigenvalue weighted by Gasteiger charge is -2.01. The van der Waals surface area contributed by atoms with Crippen LogP contribution in [0.15, 0.2) is 84.0 Å². The van der Waals surface area contributed by atoms with E-state index in [4.69, 9.17) is 17.3 Å². The number of halogens is 1. The third-order valence-corrected chi connectivity index (χ3v) is 3.65. The molecule has 24 heavy (non-hydrogen) atoms. The van der Waals surface area contributed by atoms with Crippen molar-refractivity contribution >= 4 is 29.2 Å². The van der Waals surface area contributed by atoms with E-state index in [1.807, 2.05) is 60.7 Å². The van der Waals surface area contributed by atoms with Gasteiger partial charge in [-0.25, -0.2) is 4.99 Å². The monoisotopic (exact) mass is 333 g/mol. The first-order valence-corrected chi connectivity index (χ1v) is 7.88. The number of pyridine rings is 1. The smallest absolute Gasteiger partial charge is 0.124 e. The molecule has 0 saturated carbocycles. The Morgan fingerprint density at radius 2 is 1.71 bits per heavy atom. The molecule has 2 N–H and O–H groups in total. The first-order chi connectivity index (χ1) is 11.7. The molecule has 1 heterocycles. The molecule has 0 saturated heterocycles. The lowest BCUT2D eigenvalue weighted by atomic mass is 10.1. The summed E-state index contributed by atoms with van der Waals surface area (Å²) in [5.74, 6) is 0.436. The molecule has 0 bridgehead atoms. The predicted molar refractivity (Wildman–Crippen MR) is 101 cm³/mol. The fourth-order valence-corrected chi connectivity index (χ4v) is 2.31. The van der Waals surface area contributed by atoms with Gasteiger partial charge < -0.3 is 5.73 Å². The van der Waals surface area contributed by atoms with Crippen molar-refractivity contribution in [1.82, 2.24) is 4.98 Å². The maximum Gasteiger partial charge on any atom is 0.124 e. The Hall–Kier alpha value is -2.91. The topological polar surface area (TPSA) is 51.3 Å². The van der Waals surface area contributed by atoms with Gasteiger partial charge in [-0.15, -0.1) is 0 Å². The molecular weight excluding hydrogens is 318 g/mol. The van der Waals surface area contributed by atoms with Crippen LogP contribution in [0.5, 0.6) is 0 Å². The fourth-order valence-electron chi connectivity index (χ4n) is 2.18. The van der Waals surface area contributed by atoms with Gasteiger partial charge in [0.25, 0.3) is 0 Å². The van der Waals surface area contributed by atoms with Crippen LogP contribution < -0.4 is 5.73 Å². The van der Waals surface area contributed by atoms with E-state index in [1.165, 1.54) is 0 Å². The molecule has 0 aliphatic rings. The second kappa shape index (κ2) is 7.57. The number of amidine groups is 1. The molecule has 1 aromatic heterocycles. The molecule has 0 fully saturated rings. The molecular formula is C20H16ClN3. The number of hydrogen-bond acceptors (Lipinski definition) is 2. The van der Waals surface area contributed by atoms with Crippen LogP contribution in [0, 0.1) is 0 Å². The van der Waals surface area contributed by atoms with E-state index < -0.39 is 0 Å². The minimum atomic E-state index is 0.436. The van der Waals surface area contributed by atoms with E-state index >= 15 is 0 Å². The number of nitrogens with two attached hydrogens (primary N) is 1. The number of rotatable bonds is 4. The van der Waals surface area contributed by atoms with Crippen LogP contribution in [0.25, 0.3) is 17.3 Å². The number of benzene rings is 2. The molecule has 0 aliphatic heterocycles. The van der Waals surface area contributed by atoms with Gasteiger partial charge in [0.1, 0.15) is 5.84 Å². The average molecular weight is 334 g/mol. The predicted octanol–water partition coefficient (Wildman–Crippen LogP) is 5.10. The molecule has 3 nitrogen and oxygen atoms in total. The summed E-state index contributed by atoms with van der Waals surface area (Å²) in [6.45, 7) is 0. The van der Waals surface area contributed by atoms with E-state index in [2.05, 4.69) is 9.98 Å². The second-order valence-electron chi connectivity index (χ2n) is 5.18. The van der Waals surface area contributed by atoms with Crippen molar-refractivity contribution in [3.63, 3.8) is 0 Å². The quantitative estimate of drug-likeness (QED) is 0.533. The molecule has 3 aromatic rings. The lowest BCUT2D eigenvalue weighted by molar-refractivity contribution is 1.33. The van der Waals surface area contributed by atoms with Crippen LogP contribution in [-0.4, -0.2) is 10.8 Å². The van der Waals surface area contributed by atoms with Crippen molar-refractivity contribution in [3.8, 4) is 11.3 Å². The summed E-state index contributed by atoms with van der Waals surface area (Å²) in [5, 5.41) is 0.677. The Bertz CT molecular complexity index is 852. The first kappa shape index (κ1) is 16.0. The molecule has 0 spiro atoms. The highest BCUT2D eigenvalue weighted by Crippen LogP contribution is 2.18. The first-order valence-electron chi connectivity index (χ1n) is 7.50. The Balaban J connectivity index is 1.71. The van der Waals surface area contributed by atoms with Gasteiger partial charge in [0, 0.05) is 16.8 Å². The molecule has 118 valence electrons. The van der Waals surface area contributed by atoms with Gasteiger partial charge in [0.2, 0.25) is 0 Å². The minimum absolute atomic E-state index is 0.436. The molecule has 4 heteroatoms. The maximum absolute atomic E-state index is 5.93. The van der Waals surface area contributed by atoms with Gasteiger partial charge in [-0.3, -0.25) is 4.98 Å². The third kappa shape index (κ3) is 4.31. The Kier molecular flexibility index (Phi) is 5.04. The Morgan fingerprint density at radius 1 is 0.958 bits per heavy atom. The van der Waals surface area contributed by atoms with Crippen molar-refractivity contribution in [3.05, 3.63) is 89.6 Å². The molecule has 0 unspecified atom stereocenters. The normalized spacial score (nSPS) is 11.8. The zero-order valence-electron chi connectivity index (χ0n) is 12.9. The van der Waals surface area contributed by atoms with Crippen LogP contribution in [0.3, 0.4) is 0 Å². The Morgan fingerprint density at radius 3 is 2.38 bits per heavy atom. The van der Waals surface area contributed by atoms with Gasteiger partial charge in [-0.05, 0) is 48.0 Å². The second-order valence-corrected chi connectivity index (χ2v) is 5.62. The van der Waals surface area contributed by atoms with Crippen molar-refractivity contribution in [2.45, 2.75) is 0 Å². The summed E-state index contributed by atoms with van der Waals surface area (Å²) in [7, 11) is 0. The molecule has 0 atom stereocenters. The summed E-state index contributed by atoms with van der Waals surface area (Å²) in [6.07, 6.45) is 5.50. The highest BCUT2D eigenvalue weighted by atomic mass is 35.5. The van der Waals surface area contributed by atoms with E-state index in [-0.39, 0.29) is 0 Å². The van der Waals surface area contributed by atoms with Crippen LogP contribution in [-0.2, 0) is 0 Å². The van der Waals surface area contributed by atoms with Gasteiger partial charge in [0.15, 0.2) is 0 Å². The van der Waals surface area contributed by atoms with Crippen molar-refractivity contribution < 1.29 is 0 Å². The van der Waals surface area contributed by atoms with Crippen LogP contribution in [0.4, 0.5) is 5.69 Å². The Labute approximate surface area is 146 Å². The third-order valence-electron chi connectivity index (χ3n) is 3.40. The van der Waals surface area contributed by atoms with Crippen LogP contribution in [0.2, 0.25) is 5.02 Å². The highest BCUT2D eigenvalue weighted by Gasteiger charge is 1.97. The summed E-state index contributed by atoms with van der Waals surface area (Å²) in [6, 6.07) is 21.2. The molecule has 0 aliphatic carbocycles. The zero-order valence-corrected chi connectivity index (χ0v) is 13.7. The summed E-state index contributed by atoms with van der Waals surface area (Å²) < 4.78 is 0. The summed E-state index contributed by atoms with van der Waals surface area (Å²) in [4.78, 5) is 8.66. The standard InChI is InChI=1S/C20H16ClN3/c21-17-9-11-18(12-10-17)24-20(22)13-6-15-4-7-16(8-5-15)19-3-1-2-14-23-19/h1-14H,(H2,22,24). The zero-order chi connectivity index (χ0) is 16.8. The molecule has 0 radical (unpaired) electrons. The maximum atomic E-state index is 5.93. The fraction of sp³-hybridized carbons (Fsp3) is 0. The van der Waals surface area contributed by atoms with E-state index in [0.29, 0.717) is 10.9 Å². The van der Waals surface area contributed by atoms with Crippen molar-refractivity contribution in [2.24, 2.45) is 10.7 Å². The molecule has 3 rings (SSSR count). The number of hydrogen-bond donors (Lipinski definition) is 1. The van der Waals surface area contributed by atoms with Gasteiger partial charge in [0.05, 0.1) is 11.4 Å². The van der Waals surface area contributed by atoms with E-state index in [1.54, 1.807) is 24.4 Å². The molecule has 0 amide bonds. The van der Waals surface area contributed by atoms with E-state index in [0.717, 1.165) is 22.5 Å². The van der Waals surface area contributed by atoms with Gasteiger partial charge in [-0.1, -0.05) is 48.0 Å².